The van der Waals surface area contributed by atoms with E-state index in [-0.39, 0.29) is 10.6 Å². The van der Waals surface area contributed by atoms with Crippen molar-refractivity contribution in [3.05, 3.63) is 64.1 Å². The van der Waals surface area contributed by atoms with Crippen LogP contribution in [0.4, 0.5) is 26.0 Å². The van der Waals surface area contributed by atoms with Crippen molar-refractivity contribution in [1.29, 1.82) is 0 Å². The van der Waals surface area contributed by atoms with Crippen molar-refractivity contribution < 1.29 is 24.2 Å². The summed E-state index contributed by atoms with van der Waals surface area (Å²) >= 11 is 13.1. The summed E-state index contributed by atoms with van der Waals surface area (Å²) in [6.07, 6.45) is -0.616. The molecule has 3 aromatic rings. The smallest absolute Gasteiger partial charge is 0.411 e. The van der Waals surface area contributed by atoms with Crippen LogP contribution in [0.1, 0.15) is 10.4 Å². The quantitative estimate of drug-likeness (QED) is 0.345. The van der Waals surface area contributed by atoms with Crippen molar-refractivity contribution in [2.75, 3.05) is 23.1 Å². The van der Waals surface area contributed by atoms with Gasteiger partial charge >= 0.3 is 18.1 Å². The molecule has 0 spiro atoms. The fraction of sp³-hybridized carbons (Fsp3) is 0.0500. The van der Waals surface area contributed by atoms with E-state index in [4.69, 9.17) is 23.2 Å². The average molecular weight is 480 g/mol. The average Bonchev–Trinajstić information content (AvgIpc) is 3.15. The first-order valence-electron chi connectivity index (χ1n) is 8.62. The summed E-state index contributed by atoms with van der Waals surface area (Å²) in [6.45, 7) is 0. The third-order valence-electron chi connectivity index (χ3n) is 3.97. The molecule has 3 rings (SSSR count). The molecule has 1 aromatic heterocycles. The molecule has 0 bridgehead atoms. The Hall–Kier alpha value is -3.27. The van der Waals surface area contributed by atoms with Gasteiger partial charge in [0, 0.05) is 16.3 Å². The lowest BCUT2D eigenvalue weighted by Gasteiger charge is -2.08. The molecule has 0 unspecified atom stereocenters. The number of urea groups is 1. The molecule has 11 heteroatoms. The first-order valence-corrected chi connectivity index (χ1v) is 10.2. The van der Waals surface area contributed by atoms with Crippen LogP contribution in [0, 0.1) is 0 Å². The summed E-state index contributed by atoms with van der Waals surface area (Å²) in [5, 5.41) is 18.0. The van der Waals surface area contributed by atoms with Crippen LogP contribution in [0.3, 0.4) is 0 Å². The highest BCUT2D eigenvalue weighted by Gasteiger charge is 2.19. The molecule has 0 fully saturated rings. The van der Waals surface area contributed by atoms with Gasteiger partial charge in [-0.3, -0.25) is 10.6 Å². The van der Waals surface area contributed by atoms with E-state index in [9.17, 15) is 19.5 Å². The van der Waals surface area contributed by atoms with Gasteiger partial charge in [-0.1, -0.05) is 29.3 Å². The molecule has 2 aromatic carbocycles. The van der Waals surface area contributed by atoms with Gasteiger partial charge < -0.3 is 15.2 Å². The van der Waals surface area contributed by atoms with Gasteiger partial charge in [0.05, 0.1) is 22.7 Å². The predicted octanol–water partition coefficient (Wildman–Crippen LogP) is 6.24. The van der Waals surface area contributed by atoms with Gasteiger partial charge in [0.2, 0.25) is 0 Å². The molecule has 0 aliphatic rings. The van der Waals surface area contributed by atoms with E-state index in [1.807, 2.05) is 0 Å². The number of carbonyl (C=O) groups is 3. The Kier molecular flexibility index (Phi) is 7.01. The van der Waals surface area contributed by atoms with E-state index in [1.165, 1.54) is 13.2 Å². The second kappa shape index (κ2) is 9.69. The summed E-state index contributed by atoms with van der Waals surface area (Å²) in [7, 11) is 1.25. The lowest BCUT2D eigenvalue weighted by atomic mass is 10.1. The molecular formula is C20H15Cl2N3O5S. The SMILES string of the molecule is COC(=O)Nc1ccc(NC(=O)Nc2sc(-c3ccc(Cl)c(Cl)c3)cc2C(=O)O)cc1. The highest BCUT2D eigenvalue weighted by molar-refractivity contribution is 7.20. The second-order valence-corrected chi connectivity index (χ2v) is 7.93. The summed E-state index contributed by atoms with van der Waals surface area (Å²) in [6, 6.07) is 12.0. The Morgan fingerprint density at radius 3 is 2.13 bits per heavy atom. The maximum atomic E-state index is 12.4. The van der Waals surface area contributed by atoms with Gasteiger partial charge in [-0.15, -0.1) is 11.3 Å². The van der Waals surface area contributed by atoms with Crippen LogP contribution in [-0.2, 0) is 4.74 Å². The van der Waals surface area contributed by atoms with Crippen molar-refractivity contribution in [2.24, 2.45) is 0 Å². The number of methoxy groups -OCH3 is 1. The van der Waals surface area contributed by atoms with E-state index in [1.54, 1.807) is 42.5 Å². The number of amides is 3. The van der Waals surface area contributed by atoms with Crippen LogP contribution >= 0.6 is 34.5 Å². The number of hydrogen-bond donors (Lipinski definition) is 4. The monoisotopic (exact) mass is 479 g/mol. The molecule has 1 heterocycles. The van der Waals surface area contributed by atoms with Crippen LogP contribution in [0.2, 0.25) is 10.0 Å². The number of thiophene rings is 1. The Labute approximate surface area is 190 Å². The normalized spacial score (nSPS) is 10.3. The van der Waals surface area contributed by atoms with Gasteiger partial charge in [-0.05, 0) is 48.0 Å². The molecule has 0 aliphatic heterocycles. The zero-order chi connectivity index (χ0) is 22.5. The lowest BCUT2D eigenvalue weighted by molar-refractivity contribution is 0.0698. The molecule has 0 aliphatic carbocycles. The maximum absolute atomic E-state index is 12.4. The summed E-state index contributed by atoms with van der Waals surface area (Å²) in [4.78, 5) is 35.8. The topological polar surface area (TPSA) is 117 Å². The number of carboxylic acid groups (broad SMARTS) is 1. The van der Waals surface area contributed by atoms with Crippen LogP contribution in [0.25, 0.3) is 10.4 Å². The maximum Gasteiger partial charge on any atom is 0.411 e. The fourth-order valence-corrected chi connectivity index (χ4v) is 3.85. The minimum absolute atomic E-state index is 0.0566. The second-order valence-electron chi connectivity index (χ2n) is 6.06. The Balaban J connectivity index is 1.74. The number of nitrogens with one attached hydrogen (secondary N) is 3. The first kappa shape index (κ1) is 22.4. The third kappa shape index (κ3) is 5.66. The Morgan fingerprint density at radius 2 is 1.55 bits per heavy atom. The van der Waals surface area contributed by atoms with Crippen molar-refractivity contribution >= 4 is 69.0 Å². The van der Waals surface area contributed by atoms with Crippen LogP contribution in [-0.4, -0.2) is 30.3 Å². The zero-order valence-corrected chi connectivity index (χ0v) is 18.2. The van der Waals surface area contributed by atoms with Gasteiger partial charge in [-0.2, -0.15) is 0 Å². The minimum Gasteiger partial charge on any atom is -0.478 e. The standard InChI is InChI=1S/C20H15Cl2N3O5S/c1-30-20(29)24-12-5-3-11(4-6-12)23-19(28)25-17-13(18(26)27)9-16(31-17)10-2-7-14(21)15(22)8-10/h2-9H,1H3,(H,24,29)(H,26,27)(H2,23,25,28). The molecule has 0 radical (unpaired) electrons. The van der Waals surface area contributed by atoms with E-state index in [0.717, 1.165) is 11.3 Å². The third-order valence-corrected chi connectivity index (χ3v) is 5.81. The van der Waals surface area contributed by atoms with Crippen LogP contribution in [0.15, 0.2) is 48.5 Å². The van der Waals surface area contributed by atoms with Crippen LogP contribution < -0.4 is 16.0 Å². The number of hydrogen-bond acceptors (Lipinski definition) is 5. The van der Waals surface area contributed by atoms with Gasteiger partial charge in [0.1, 0.15) is 5.00 Å². The van der Waals surface area contributed by atoms with Gasteiger partial charge in [0.15, 0.2) is 0 Å². The van der Waals surface area contributed by atoms with Crippen LogP contribution in [0.5, 0.6) is 0 Å². The first-order chi connectivity index (χ1) is 14.8. The lowest BCUT2D eigenvalue weighted by Crippen LogP contribution is -2.20. The van der Waals surface area contributed by atoms with Crippen molar-refractivity contribution in [1.82, 2.24) is 0 Å². The predicted molar refractivity (Wildman–Crippen MR) is 122 cm³/mol. The number of carbonyl (C=O) groups excluding carboxylic acids is 2. The molecule has 31 heavy (non-hydrogen) atoms. The van der Waals surface area contributed by atoms with Gasteiger partial charge in [0.25, 0.3) is 0 Å². The molecule has 0 atom stereocenters. The highest BCUT2D eigenvalue weighted by Crippen LogP contribution is 2.37. The number of aromatic carboxylic acids is 1. The van der Waals surface area contributed by atoms with E-state index < -0.39 is 18.1 Å². The number of anilines is 3. The Morgan fingerprint density at radius 1 is 0.903 bits per heavy atom. The molecule has 8 nitrogen and oxygen atoms in total. The minimum atomic E-state index is -1.18. The summed E-state index contributed by atoms with van der Waals surface area (Å²) in [5.41, 5.74) is 1.53. The zero-order valence-electron chi connectivity index (χ0n) is 15.9. The molecule has 0 saturated heterocycles. The van der Waals surface area contributed by atoms with Crippen molar-refractivity contribution in [3.63, 3.8) is 0 Å². The van der Waals surface area contributed by atoms with Crippen molar-refractivity contribution in [3.8, 4) is 10.4 Å². The van der Waals surface area contributed by atoms with E-state index in [0.29, 0.717) is 31.9 Å². The van der Waals surface area contributed by atoms with Gasteiger partial charge in [-0.25, -0.2) is 14.4 Å². The number of benzene rings is 2. The molecule has 3 amide bonds. The summed E-state index contributed by atoms with van der Waals surface area (Å²) in [5.74, 6) is -1.18. The number of carboxylic acids is 1. The van der Waals surface area contributed by atoms with Crippen molar-refractivity contribution in [2.45, 2.75) is 0 Å². The molecule has 4 N–H and O–H groups in total. The number of halogens is 2. The number of rotatable bonds is 5. The van der Waals surface area contributed by atoms with E-state index in [2.05, 4.69) is 20.7 Å². The van der Waals surface area contributed by atoms with E-state index >= 15 is 0 Å². The largest absolute Gasteiger partial charge is 0.478 e. The molecular weight excluding hydrogens is 465 g/mol. The summed E-state index contributed by atoms with van der Waals surface area (Å²) < 4.78 is 4.50. The Bertz CT molecular complexity index is 1150. The highest BCUT2D eigenvalue weighted by atomic mass is 35.5. The number of ether oxygens (including phenoxy) is 1. The molecule has 160 valence electrons. The molecule has 0 saturated carbocycles. The fourth-order valence-electron chi connectivity index (χ4n) is 2.51.